The van der Waals surface area contributed by atoms with Crippen LogP contribution in [0.1, 0.15) is 23.4 Å². The summed E-state index contributed by atoms with van der Waals surface area (Å²) in [7, 11) is 4.07. The fourth-order valence-electron chi connectivity index (χ4n) is 3.20. The molecule has 0 saturated heterocycles. The summed E-state index contributed by atoms with van der Waals surface area (Å²) in [5, 5.41) is 17.8. The second-order valence-corrected chi connectivity index (χ2v) is 8.10. The highest BCUT2D eigenvalue weighted by atomic mass is 19.4. The zero-order valence-electron chi connectivity index (χ0n) is 19.9. The summed E-state index contributed by atoms with van der Waals surface area (Å²) in [4.78, 5) is 32.1. The number of pyridine rings is 1. The maximum atomic E-state index is 12.2. The van der Waals surface area contributed by atoms with Crippen molar-refractivity contribution >= 4 is 11.9 Å². The molecule has 3 N–H and O–H groups in total. The van der Waals surface area contributed by atoms with E-state index in [1.54, 1.807) is 12.3 Å². The number of fused-ring (bicyclic) bond motifs is 1. The largest absolute Gasteiger partial charge is 0.490 e. The number of rotatable bonds is 6. The fraction of sp³-hybridized carbons (Fsp3) is 0.500. The molecule has 0 aliphatic heterocycles. The van der Waals surface area contributed by atoms with Gasteiger partial charge in [-0.3, -0.25) is 4.79 Å². The van der Waals surface area contributed by atoms with Gasteiger partial charge < -0.3 is 29.4 Å². The van der Waals surface area contributed by atoms with Crippen LogP contribution in [0.15, 0.2) is 39.7 Å². The van der Waals surface area contributed by atoms with Crippen molar-refractivity contribution in [1.29, 1.82) is 0 Å². The third-order valence-corrected chi connectivity index (χ3v) is 4.99. The lowest BCUT2D eigenvalue weighted by Gasteiger charge is -2.28. The number of aromatic nitrogens is 1. The van der Waals surface area contributed by atoms with E-state index in [-0.39, 0.29) is 5.56 Å². The minimum Gasteiger partial charge on any atom is -0.475 e. The van der Waals surface area contributed by atoms with Gasteiger partial charge in [-0.25, -0.2) is 9.59 Å². The molecule has 0 amide bonds. The maximum Gasteiger partial charge on any atom is 0.490 e. The molecule has 0 aromatic carbocycles. The standard InChI is InChI=1S/C18H25N3O2.2C2HF3O2/c1-20(2)9-10-21-17-7-6-15(12-14(17)5-8-18(21)22)19-13-16-4-3-11-23-16;2*3-2(4,5)1(6)7/h3-5,8,11,15,19H,6-7,9-10,12-13H2,1-2H3;2*(H,6,7). The summed E-state index contributed by atoms with van der Waals surface area (Å²) in [6.45, 7) is 2.41. The van der Waals surface area contributed by atoms with Crippen LogP contribution in [-0.2, 0) is 35.5 Å². The fourth-order valence-corrected chi connectivity index (χ4v) is 3.20. The van der Waals surface area contributed by atoms with Crippen LogP contribution in [0.5, 0.6) is 0 Å². The highest BCUT2D eigenvalue weighted by molar-refractivity contribution is 5.73. The topological polar surface area (TPSA) is 125 Å². The molecule has 1 unspecified atom stereocenters. The Morgan fingerprint density at radius 2 is 1.65 bits per heavy atom. The van der Waals surface area contributed by atoms with Gasteiger partial charge in [0.15, 0.2) is 0 Å². The van der Waals surface area contributed by atoms with Gasteiger partial charge in [-0.05, 0) is 51.1 Å². The van der Waals surface area contributed by atoms with E-state index in [0.717, 1.165) is 44.7 Å². The van der Waals surface area contributed by atoms with Crippen molar-refractivity contribution in [3.63, 3.8) is 0 Å². The summed E-state index contributed by atoms with van der Waals surface area (Å²) < 4.78 is 70.8. The SMILES string of the molecule is CN(C)CCn1c2c(ccc1=O)CC(NCc1ccco1)CC2.O=C(O)C(F)(F)F.O=C(O)C(F)(F)F. The highest BCUT2D eigenvalue weighted by Gasteiger charge is 2.38. The number of alkyl halides is 6. The Bertz CT molecular complexity index is 1040. The molecule has 0 fully saturated rings. The number of carbonyl (C=O) groups is 2. The summed E-state index contributed by atoms with van der Waals surface area (Å²) in [5.41, 5.74) is 2.63. The molecule has 2 aromatic rings. The lowest BCUT2D eigenvalue weighted by atomic mass is 9.91. The number of likely N-dealkylation sites (N-methyl/N-ethyl adjacent to an activating group) is 1. The van der Waals surface area contributed by atoms with E-state index in [4.69, 9.17) is 24.2 Å². The van der Waals surface area contributed by atoms with Crippen LogP contribution in [0.4, 0.5) is 26.3 Å². The second kappa shape index (κ2) is 13.8. The van der Waals surface area contributed by atoms with Crippen molar-refractivity contribution in [2.45, 2.75) is 50.7 Å². The molecule has 3 rings (SSSR count). The Labute approximate surface area is 207 Å². The smallest absolute Gasteiger partial charge is 0.475 e. The predicted molar refractivity (Wildman–Crippen MR) is 118 cm³/mol. The van der Waals surface area contributed by atoms with Crippen molar-refractivity contribution in [3.05, 3.63) is 57.9 Å². The highest BCUT2D eigenvalue weighted by Crippen LogP contribution is 2.21. The molecule has 208 valence electrons. The third kappa shape index (κ3) is 11.5. The minimum absolute atomic E-state index is 0.118. The van der Waals surface area contributed by atoms with Gasteiger partial charge in [0, 0.05) is 30.9 Å². The van der Waals surface area contributed by atoms with Gasteiger partial charge in [0.25, 0.3) is 5.56 Å². The zero-order chi connectivity index (χ0) is 28.4. The average molecular weight is 543 g/mol. The van der Waals surface area contributed by atoms with Gasteiger partial charge >= 0.3 is 24.3 Å². The van der Waals surface area contributed by atoms with Crippen LogP contribution in [0, 0.1) is 0 Å². The number of carboxylic acid groups (broad SMARTS) is 2. The number of halogens is 6. The Morgan fingerprint density at radius 3 is 2.11 bits per heavy atom. The van der Waals surface area contributed by atoms with E-state index < -0.39 is 24.3 Å². The first-order valence-electron chi connectivity index (χ1n) is 10.7. The molecule has 2 heterocycles. The van der Waals surface area contributed by atoms with Crippen molar-refractivity contribution < 1.29 is 50.6 Å². The Hall–Kier alpha value is -3.33. The van der Waals surface area contributed by atoms with Gasteiger partial charge in [0.1, 0.15) is 5.76 Å². The summed E-state index contributed by atoms with van der Waals surface area (Å²) in [6.07, 6.45) is -5.48. The van der Waals surface area contributed by atoms with Crippen LogP contribution in [0.3, 0.4) is 0 Å². The normalized spacial score (nSPS) is 15.1. The van der Waals surface area contributed by atoms with Crippen LogP contribution in [0.2, 0.25) is 0 Å². The predicted octanol–water partition coefficient (Wildman–Crippen LogP) is 2.92. The van der Waals surface area contributed by atoms with E-state index in [1.807, 2.05) is 36.9 Å². The van der Waals surface area contributed by atoms with Crippen molar-refractivity contribution in [2.24, 2.45) is 0 Å². The second-order valence-electron chi connectivity index (χ2n) is 8.10. The van der Waals surface area contributed by atoms with Crippen LogP contribution in [0.25, 0.3) is 0 Å². The number of aliphatic carboxylic acids is 2. The third-order valence-electron chi connectivity index (χ3n) is 4.99. The Morgan fingerprint density at radius 1 is 1.08 bits per heavy atom. The van der Waals surface area contributed by atoms with E-state index in [0.29, 0.717) is 6.04 Å². The number of carboxylic acids is 2. The first kappa shape index (κ1) is 31.7. The van der Waals surface area contributed by atoms with Crippen LogP contribution >= 0.6 is 0 Å². The molecule has 0 radical (unpaired) electrons. The first-order valence-corrected chi connectivity index (χ1v) is 10.7. The van der Waals surface area contributed by atoms with E-state index in [9.17, 15) is 31.1 Å². The number of hydrogen-bond acceptors (Lipinski definition) is 6. The molecule has 2 aromatic heterocycles. The van der Waals surface area contributed by atoms with E-state index in [1.165, 1.54) is 11.3 Å². The number of furan rings is 1. The van der Waals surface area contributed by atoms with Crippen LogP contribution < -0.4 is 10.9 Å². The molecular formula is C22H27F6N3O6. The van der Waals surface area contributed by atoms with Crippen molar-refractivity contribution in [1.82, 2.24) is 14.8 Å². The molecule has 37 heavy (non-hydrogen) atoms. The zero-order valence-corrected chi connectivity index (χ0v) is 19.9. The lowest BCUT2D eigenvalue weighted by Crippen LogP contribution is -2.37. The molecule has 0 spiro atoms. The van der Waals surface area contributed by atoms with Crippen molar-refractivity contribution in [3.8, 4) is 0 Å². The van der Waals surface area contributed by atoms with Crippen molar-refractivity contribution in [2.75, 3.05) is 20.6 Å². The maximum absolute atomic E-state index is 12.2. The Balaban J connectivity index is 0.000000404. The van der Waals surface area contributed by atoms with Gasteiger partial charge in [-0.1, -0.05) is 6.07 Å². The molecule has 9 nitrogen and oxygen atoms in total. The molecule has 0 saturated carbocycles. The molecule has 1 aliphatic carbocycles. The quantitative estimate of drug-likeness (QED) is 0.475. The molecule has 1 atom stereocenters. The monoisotopic (exact) mass is 543 g/mol. The van der Waals surface area contributed by atoms with Crippen LogP contribution in [-0.4, -0.2) is 70.7 Å². The van der Waals surface area contributed by atoms with Gasteiger partial charge in [-0.2, -0.15) is 26.3 Å². The van der Waals surface area contributed by atoms with Gasteiger partial charge in [0.2, 0.25) is 0 Å². The average Bonchev–Trinajstić information content (AvgIpc) is 3.30. The number of hydrogen-bond donors (Lipinski definition) is 3. The Kier molecular flexibility index (Phi) is 11.9. The van der Waals surface area contributed by atoms with Gasteiger partial charge in [-0.15, -0.1) is 0 Å². The summed E-state index contributed by atoms with van der Waals surface area (Å²) in [5.74, 6) is -4.55. The van der Waals surface area contributed by atoms with E-state index in [2.05, 4.69) is 10.2 Å². The summed E-state index contributed by atoms with van der Waals surface area (Å²) >= 11 is 0. The molecule has 0 bridgehead atoms. The molecule has 15 heteroatoms. The summed E-state index contributed by atoms with van der Waals surface area (Å²) in [6, 6.07) is 8.06. The van der Waals surface area contributed by atoms with Gasteiger partial charge in [0.05, 0.1) is 12.8 Å². The number of nitrogens with one attached hydrogen (secondary N) is 1. The lowest BCUT2D eigenvalue weighted by molar-refractivity contribution is -0.193. The van der Waals surface area contributed by atoms with E-state index >= 15 is 0 Å². The minimum atomic E-state index is -5.08. The molecule has 1 aliphatic rings. The first-order chi connectivity index (χ1) is 17.0. The molecular weight excluding hydrogens is 516 g/mol. The number of nitrogens with zero attached hydrogens (tertiary/aromatic N) is 2.